The summed E-state index contributed by atoms with van der Waals surface area (Å²) < 4.78 is 11.2. The van der Waals surface area contributed by atoms with Gasteiger partial charge in [-0.1, -0.05) is 12.8 Å². The van der Waals surface area contributed by atoms with Crippen molar-refractivity contribution in [2.75, 3.05) is 52.6 Å². The molecule has 0 bridgehead atoms. The maximum absolute atomic E-state index is 12.6. The van der Waals surface area contributed by atoms with Gasteiger partial charge in [-0.25, -0.2) is 0 Å². The highest BCUT2D eigenvalue weighted by atomic mass is 16.5. The van der Waals surface area contributed by atoms with Crippen LogP contribution in [0, 0.1) is 0 Å². The van der Waals surface area contributed by atoms with Crippen molar-refractivity contribution < 1.29 is 28.7 Å². The largest absolute Gasteiger partial charge is 0.379 e. The summed E-state index contributed by atoms with van der Waals surface area (Å²) in [5.41, 5.74) is 0. The minimum absolute atomic E-state index is 0.0154. The fraction of sp³-hybridized carbons (Fsp3) is 0.760. The average Bonchev–Trinajstić information content (AvgIpc) is 3.59. The summed E-state index contributed by atoms with van der Waals surface area (Å²) >= 11 is 0. The molecule has 0 radical (unpaired) electrons. The number of nitrogens with one attached hydrogen (secondary N) is 2. The monoisotopic (exact) mass is 492 g/mol. The molecule has 0 aromatic carbocycles. The van der Waals surface area contributed by atoms with Gasteiger partial charge in [-0.05, 0) is 45.1 Å². The van der Waals surface area contributed by atoms with E-state index in [1.807, 2.05) is 0 Å². The molecule has 0 aromatic rings. The summed E-state index contributed by atoms with van der Waals surface area (Å²) in [5.74, 6) is -0.743. The SMILES string of the molecule is O=C(CCN1C(=O)C=CC1=O)NCCCOCCOCCCN1CCCC1C(=O)NC1CCCC1. The zero-order chi connectivity index (χ0) is 24.9. The van der Waals surface area contributed by atoms with Gasteiger partial charge in [0.25, 0.3) is 11.8 Å². The molecule has 10 nitrogen and oxygen atoms in total. The van der Waals surface area contributed by atoms with E-state index in [0.29, 0.717) is 45.4 Å². The number of imide groups is 1. The number of hydrogen-bond acceptors (Lipinski definition) is 7. The Kier molecular flexibility index (Phi) is 11.7. The first-order chi connectivity index (χ1) is 17.0. The Morgan fingerprint density at radius 3 is 2.29 bits per heavy atom. The highest BCUT2D eigenvalue weighted by Gasteiger charge is 2.31. The van der Waals surface area contributed by atoms with Crippen molar-refractivity contribution in [3.63, 3.8) is 0 Å². The number of carbonyl (C=O) groups is 4. The summed E-state index contributed by atoms with van der Waals surface area (Å²) in [6, 6.07) is 0.391. The summed E-state index contributed by atoms with van der Waals surface area (Å²) in [4.78, 5) is 50.6. The Labute approximate surface area is 207 Å². The van der Waals surface area contributed by atoms with E-state index in [4.69, 9.17) is 9.47 Å². The molecule has 3 aliphatic rings. The van der Waals surface area contributed by atoms with Crippen molar-refractivity contribution in [1.82, 2.24) is 20.4 Å². The third-order valence-electron chi connectivity index (χ3n) is 6.72. The predicted octanol–water partition coefficient (Wildman–Crippen LogP) is 0.754. The van der Waals surface area contributed by atoms with E-state index in [9.17, 15) is 19.2 Å². The van der Waals surface area contributed by atoms with Crippen LogP contribution in [0.5, 0.6) is 0 Å². The topological polar surface area (TPSA) is 117 Å². The van der Waals surface area contributed by atoms with Crippen LogP contribution in [0.15, 0.2) is 12.2 Å². The van der Waals surface area contributed by atoms with Crippen molar-refractivity contribution in [1.29, 1.82) is 0 Å². The highest BCUT2D eigenvalue weighted by molar-refractivity contribution is 6.13. The first-order valence-corrected chi connectivity index (χ1v) is 13.0. The lowest BCUT2D eigenvalue weighted by Crippen LogP contribution is -2.46. The molecule has 1 atom stereocenters. The lowest BCUT2D eigenvalue weighted by molar-refractivity contribution is -0.137. The van der Waals surface area contributed by atoms with E-state index in [-0.39, 0.29) is 42.6 Å². The maximum atomic E-state index is 12.6. The van der Waals surface area contributed by atoms with Crippen LogP contribution in [-0.4, -0.2) is 98.1 Å². The molecule has 1 aliphatic carbocycles. The number of amides is 4. The van der Waals surface area contributed by atoms with Crippen LogP contribution in [0.3, 0.4) is 0 Å². The van der Waals surface area contributed by atoms with Crippen molar-refractivity contribution in [3.8, 4) is 0 Å². The molecule has 1 saturated heterocycles. The number of rotatable bonds is 16. The molecule has 1 unspecified atom stereocenters. The predicted molar refractivity (Wildman–Crippen MR) is 129 cm³/mol. The number of nitrogens with zero attached hydrogens (tertiary/aromatic N) is 2. The zero-order valence-electron chi connectivity index (χ0n) is 20.7. The van der Waals surface area contributed by atoms with E-state index in [2.05, 4.69) is 15.5 Å². The number of hydrogen-bond donors (Lipinski definition) is 2. The van der Waals surface area contributed by atoms with Gasteiger partial charge in [0.2, 0.25) is 11.8 Å². The van der Waals surface area contributed by atoms with Gasteiger partial charge < -0.3 is 20.1 Å². The van der Waals surface area contributed by atoms with Gasteiger partial charge in [-0.15, -0.1) is 0 Å². The molecule has 196 valence electrons. The van der Waals surface area contributed by atoms with Gasteiger partial charge in [0.15, 0.2) is 0 Å². The Morgan fingerprint density at radius 2 is 1.57 bits per heavy atom. The lowest BCUT2D eigenvalue weighted by Gasteiger charge is -2.25. The molecule has 3 rings (SSSR count). The summed E-state index contributed by atoms with van der Waals surface area (Å²) in [6.07, 6.45) is 10.8. The van der Waals surface area contributed by atoms with E-state index in [1.54, 1.807) is 0 Å². The smallest absolute Gasteiger partial charge is 0.253 e. The molecule has 4 amide bonds. The standard InChI is InChI=1S/C25H40N4O6/c30-22(11-15-29-23(31)9-10-24(29)32)26-12-4-16-34-18-19-35-17-5-14-28-13-3-8-21(28)25(33)27-20-6-1-2-7-20/h9-10,20-21H,1-8,11-19H2,(H,26,30)(H,27,33). The highest BCUT2D eigenvalue weighted by Crippen LogP contribution is 2.21. The van der Waals surface area contributed by atoms with Crippen LogP contribution in [0.1, 0.15) is 57.8 Å². The normalized spacial score (nSPS) is 20.8. The molecule has 35 heavy (non-hydrogen) atoms. The van der Waals surface area contributed by atoms with Crippen LogP contribution >= 0.6 is 0 Å². The van der Waals surface area contributed by atoms with Crippen molar-refractivity contribution in [2.45, 2.75) is 69.9 Å². The zero-order valence-corrected chi connectivity index (χ0v) is 20.7. The van der Waals surface area contributed by atoms with Crippen molar-refractivity contribution in [2.24, 2.45) is 0 Å². The molecule has 10 heteroatoms. The Balaban J connectivity index is 1.11. The maximum Gasteiger partial charge on any atom is 0.253 e. The molecule has 0 aromatic heterocycles. The quantitative estimate of drug-likeness (QED) is 0.241. The second-order valence-corrected chi connectivity index (χ2v) is 9.38. The number of carbonyl (C=O) groups excluding carboxylic acids is 4. The molecule has 1 saturated carbocycles. The van der Waals surface area contributed by atoms with Crippen LogP contribution in [0.2, 0.25) is 0 Å². The Morgan fingerprint density at radius 1 is 0.886 bits per heavy atom. The molecule has 2 N–H and O–H groups in total. The molecule has 2 heterocycles. The fourth-order valence-corrected chi connectivity index (χ4v) is 4.81. The Hall–Kier alpha value is -2.30. The van der Waals surface area contributed by atoms with Gasteiger partial charge in [-0.3, -0.25) is 29.0 Å². The van der Waals surface area contributed by atoms with Crippen LogP contribution in [0.25, 0.3) is 0 Å². The fourth-order valence-electron chi connectivity index (χ4n) is 4.81. The molecule has 0 spiro atoms. The summed E-state index contributed by atoms with van der Waals surface area (Å²) in [7, 11) is 0. The summed E-state index contributed by atoms with van der Waals surface area (Å²) in [5, 5.41) is 6.00. The average molecular weight is 493 g/mol. The first kappa shape index (κ1) is 27.3. The molecular weight excluding hydrogens is 452 g/mol. The van der Waals surface area contributed by atoms with Gasteiger partial charge in [0.05, 0.1) is 19.3 Å². The third-order valence-corrected chi connectivity index (χ3v) is 6.72. The minimum atomic E-state index is -0.374. The van der Waals surface area contributed by atoms with Crippen molar-refractivity contribution >= 4 is 23.6 Å². The lowest BCUT2D eigenvalue weighted by atomic mass is 10.1. The molecule has 2 aliphatic heterocycles. The van der Waals surface area contributed by atoms with Gasteiger partial charge in [0, 0.05) is 57.5 Å². The van der Waals surface area contributed by atoms with E-state index in [1.165, 1.54) is 25.0 Å². The van der Waals surface area contributed by atoms with E-state index >= 15 is 0 Å². The Bertz CT molecular complexity index is 734. The van der Waals surface area contributed by atoms with Gasteiger partial charge in [0.1, 0.15) is 0 Å². The van der Waals surface area contributed by atoms with Crippen molar-refractivity contribution in [3.05, 3.63) is 12.2 Å². The minimum Gasteiger partial charge on any atom is -0.379 e. The van der Waals surface area contributed by atoms with E-state index in [0.717, 1.165) is 50.1 Å². The number of ether oxygens (including phenoxy) is 2. The van der Waals surface area contributed by atoms with Gasteiger partial charge in [-0.2, -0.15) is 0 Å². The molecular formula is C25H40N4O6. The van der Waals surface area contributed by atoms with Crippen LogP contribution < -0.4 is 10.6 Å². The number of likely N-dealkylation sites (tertiary alicyclic amines) is 1. The second kappa shape index (κ2) is 15.0. The molecule has 2 fully saturated rings. The summed E-state index contributed by atoms with van der Waals surface area (Å²) in [6.45, 7) is 4.60. The third kappa shape index (κ3) is 9.35. The van der Waals surface area contributed by atoms with Crippen LogP contribution in [0.4, 0.5) is 0 Å². The first-order valence-electron chi connectivity index (χ1n) is 13.0. The van der Waals surface area contributed by atoms with Crippen LogP contribution in [-0.2, 0) is 28.7 Å². The van der Waals surface area contributed by atoms with E-state index < -0.39 is 0 Å². The van der Waals surface area contributed by atoms with Gasteiger partial charge >= 0.3 is 0 Å². The second-order valence-electron chi connectivity index (χ2n) is 9.38.